The summed E-state index contributed by atoms with van der Waals surface area (Å²) in [7, 11) is 0. The van der Waals surface area contributed by atoms with Gasteiger partial charge in [0.05, 0.1) is 11.9 Å². The number of nitrogens with one attached hydrogen (secondary N) is 2. The molecule has 3 N–H and O–H groups in total. The number of hydrogen-bond donors (Lipinski definition) is 3. The molecule has 0 fully saturated rings. The first-order valence-corrected chi connectivity index (χ1v) is 7.11. The maximum Gasteiger partial charge on any atom is 0.123 e. The number of aromatic amines is 1. The molecule has 0 radical (unpaired) electrons. The maximum atomic E-state index is 13.0. The van der Waals surface area contributed by atoms with Gasteiger partial charge in [-0.1, -0.05) is 13.8 Å². The van der Waals surface area contributed by atoms with Gasteiger partial charge < -0.3 is 10.4 Å². The minimum atomic E-state index is -0.247. The van der Waals surface area contributed by atoms with Crippen LogP contribution in [0.4, 0.5) is 4.39 Å². The molecule has 0 atom stereocenters. The largest absolute Gasteiger partial charge is 0.396 e. The molecule has 0 saturated carbocycles. The molecule has 2 rings (SSSR count). The van der Waals surface area contributed by atoms with Crippen LogP contribution in [-0.2, 0) is 6.54 Å². The molecule has 0 aliphatic carbocycles. The van der Waals surface area contributed by atoms with Gasteiger partial charge in [0.2, 0.25) is 0 Å². The molecule has 4 nitrogen and oxygen atoms in total. The molecule has 1 heterocycles. The number of rotatable bonds is 7. The third-order valence-corrected chi connectivity index (χ3v) is 3.56. The second-order valence-electron chi connectivity index (χ2n) is 6.02. The van der Waals surface area contributed by atoms with Crippen LogP contribution in [0.15, 0.2) is 30.5 Å². The van der Waals surface area contributed by atoms with Crippen LogP contribution in [-0.4, -0.2) is 28.5 Å². The van der Waals surface area contributed by atoms with Gasteiger partial charge in [-0.2, -0.15) is 5.10 Å². The number of halogens is 1. The second kappa shape index (κ2) is 6.83. The molecule has 1 aromatic carbocycles. The first-order chi connectivity index (χ1) is 10.0. The van der Waals surface area contributed by atoms with Crippen molar-refractivity contribution in [2.24, 2.45) is 5.41 Å². The summed E-state index contributed by atoms with van der Waals surface area (Å²) in [6, 6.07) is 6.36. The Bertz CT molecular complexity index is 563. The highest BCUT2D eigenvalue weighted by molar-refractivity contribution is 5.62. The highest BCUT2D eigenvalue weighted by Crippen LogP contribution is 2.22. The molecule has 0 bridgehead atoms. The number of hydrogen-bond acceptors (Lipinski definition) is 3. The quantitative estimate of drug-likeness (QED) is 0.735. The van der Waals surface area contributed by atoms with Crippen LogP contribution in [0, 0.1) is 11.2 Å². The van der Waals surface area contributed by atoms with Crippen LogP contribution in [0.25, 0.3) is 11.3 Å². The zero-order valence-corrected chi connectivity index (χ0v) is 12.5. The van der Waals surface area contributed by atoms with Gasteiger partial charge in [0.15, 0.2) is 0 Å². The first-order valence-electron chi connectivity index (χ1n) is 7.11. The van der Waals surface area contributed by atoms with Crippen molar-refractivity contribution in [3.8, 4) is 11.3 Å². The number of benzene rings is 1. The van der Waals surface area contributed by atoms with Crippen molar-refractivity contribution < 1.29 is 9.50 Å². The SMILES string of the molecule is CC(C)(CCO)CNCc1cn[nH]c1-c1ccc(F)cc1. The average Bonchev–Trinajstić information content (AvgIpc) is 2.88. The summed E-state index contributed by atoms with van der Waals surface area (Å²) in [5.74, 6) is -0.247. The molecule has 0 aliphatic rings. The molecular weight excluding hydrogens is 269 g/mol. The summed E-state index contributed by atoms with van der Waals surface area (Å²) in [4.78, 5) is 0. The summed E-state index contributed by atoms with van der Waals surface area (Å²) in [5.41, 5.74) is 2.92. The lowest BCUT2D eigenvalue weighted by molar-refractivity contribution is 0.207. The van der Waals surface area contributed by atoms with E-state index in [2.05, 4.69) is 29.4 Å². The molecule has 114 valence electrons. The summed E-state index contributed by atoms with van der Waals surface area (Å²) < 4.78 is 13.0. The molecule has 0 spiro atoms. The maximum absolute atomic E-state index is 13.0. The monoisotopic (exact) mass is 291 g/mol. The molecule has 0 saturated heterocycles. The van der Waals surface area contributed by atoms with Gasteiger partial charge in [-0.25, -0.2) is 4.39 Å². The van der Waals surface area contributed by atoms with Gasteiger partial charge in [0, 0.05) is 30.8 Å². The van der Waals surface area contributed by atoms with Crippen molar-refractivity contribution in [2.75, 3.05) is 13.2 Å². The fourth-order valence-electron chi connectivity index (χ4n) is 2.24. The smallest absolute Gasteiger partial charge is 0.123 e. The minimum absolute atomic E-state index is 0.0501. The van der Waals surface area contributed by atoms with Crippen molar-refractivity contribution >= 4 is 0 Å². The minimum Gasteiger partial charge on any atom is -0.396 e. The standard InChI is InChI=1S/C16H22FN3O/c1-16(2,7-8-21)11-18-9-13-10-19-20-15(13)12-3-5-14(17)6-4-12/h3-6,10,18,21H,7-9,11H2,1-2H3,(H,19,20). The van der Waals surface area contributed by atoms with Crippen LogP contribution >= 0.6 is 0 Å². The van der Waals surface area contributed by atoms with E-state index in [0.29, 0.717) is 6.54 Å². The van der Waals surface area contributed by atoms with Gasteiger partial charge in [0.25, 0.3) is 0 Å². The van der Waals surface area contributed by atoms with Crippen LogP contribution in [0.1, 0.15) is 25.8 Å². The van der Waals surface area contributed by atoms with Gasteiger partial charge in [-0.05, 0) is 36.1 Å². The fourth-order valence-corrected chi connectivity index (χ4v) is 2.24. The van der Waals surface area contributed by atoms with E-state index >= 15 is 0 Å². The zero-order valence-electron chi connectivity index (χ0n) is 12.5. The van der Waals surface area contributed by atoms with E-state index in [1.54, 1.807) is 18.3 Å². The number of nitrogens with zero attached hydrogens (tertiary/aromatic N) is 1. The summed E-state index contributed by atoms with van der Waals surface area (Å²) in [5, 5.41) is 19.5. The Morgan fingerprint density at radius 2 is 2.00 bits per heavy atom. The Balaban J connectivity index is 1.99. The normalized spacial score (nSPS) is 11.8. The lowest BCUT2D eigenvalue weighted by Crippen LogP contribution is -2.29. The van der Waals surface area contributed by atoms with Gasteiger partial charge in [-0.3, -0.25) is 5.10 Å². The van der Waals surface area contributed by atoms with E-state index in [9.17, 15) is 4.39 Å². The van der Waals surface area contributed by atoms with Crippen LogP contribution in [0.2, 0.25) is 0 Å². The Kier molecular flexibility index (Phi) is 5.09. The highest BCUT2D eigenvalue weighted by Gasteiger charge is 2.17. The number of aromatic nitrogens is 2. The third kappa shape index (κ3) is 4.37. The molecule has 2 aromatic rings. The van der Waals surface area contributed by atoms with Crippen molar-refractivity contribution in [1.29, 1.82) is 0 Å². The summed E-state index contributed by atoms with van der Waals surface area (Å²) >= 11 is 0. The highest BCUT2D eigenvalue weighted by atomic mass is 19.1. The molecule has 0 unspecified atom stereocenters. The lowest BCUT2D eigenvalue weighted by atomic mass is 9.90. The lowest BCUT2D eigenvalue weighted by Gasteiger charge is -2.23. The van der Waals surface area contributed by atoms with E-state index in [1.165, 1.54) is 12.1 Å². The summed E-state index contributed by atoms with van der Waals surface area (Å²) in [6.07, 6.45) is 2.54. The summed E-state index contributed by atoms with van der Waals surface area (Å²) in [6.45, 7) is 5.92. The van der Waals surface area contributed by atoms with E-state index in [1.807, 2.05) is 0 Å². The number of aliphatic hydroxyl groups is 1. The second-order valence-corrected chi connectivity index (χ2v) is 6.02. The topological polar surface area (TPSA) is 60.9 Å². The van der Waals surface area contributed by atoms with E-state index in [0.717, 1.165) is 29.8 Å². The Morgan fingerprint density at radius 3 is 2.67 bits per heavy atom. The van der Waals surface area contributed by atoms with Crippen molar-refractivity contribution in [2.45, 2.75) is 26.8 Å². The van der Waals surface area contributed by atoms with Crippen LogP contribution in [0.5, 0.6) is 0 Å². The molecule has 5 heteroatoms. The predicted molar refractivity (Wildman–Crippen MR) is 81.2 cm³/mol. The Labute approximate surface area is 124 Å². The molecule has 21 heavy (non-hydrogen) atoms. The zero-order chi connectivity index (χ0) is 15.3. The third-order valence-electron chi connectivity index (χ3n) is 3.56. The van der Waals surface area contributed by atoms with Crippen molar-refractivity contribution in [3.05, 3.63) is 41.8 Å². The Morgan fingerprint density at radius 1 is 1.29 bits per heavy atom. The number of H-pyrrole nitrogens is 1. The molecule has 0 aliphatic heterocycles. The van der Waals surface area contributed by atoms with E-state index in [-0.39, 0.29) is 17.8 Å². The van der Waals surface area contributed by atoms with Crippen LogP contribution in [0.3, 0.4) is 0 Å². The van der Waals surface area contributed by atoms with Crippen LogP contribution < -0.4 is 5.32 Å². The van der Waals surface area contributed by atoms with Gasteiger partial charge in [-0.15, -0.1) is 0 Å². The van der Waals surface area contributed by atoms with Gasteiger partial charge in [0.1, 0.15) is 5.82 Å². The fraction of sp³-hybridized carbons (Fsp3) is 0.438. The van der Waals surface area contributed by atoms with E-state index in [4.69, 9.17) is 5.11 Å². The van der Waals surface area contributed by atoms with Crippen molar-refractivity contribution in [1.82, 2.24) is 15.5 Å². The Hall–Kier alpha value is -1.72. The average molecular weight is 291 g/mol. The molecule has 1 aromatic heterocycles. The first kappa shape index (κ1) is 15.7. The van der Waals surface area contributed by atoms with Gasteiger partial charge >= 0.3 is 0 Å². The number of aliphatic hydroxyl groups excluding tert-OH is 1. The molecular formula is C16H22FN3O. The van der Waals surface area contributed by atoms with Crippen molar-refractivity contribution in [3.63, 3.8) is 0 Å². The van der Waals surface area contributed by atoms with E-state index < -0.39 is 0 Å². The predicted octanol–water partition coefficient (Wildman–Crippen LogP) is 2.71. The molecule has 0 amide bonds.